The lowest BCUT2D eigenvalue weighted by Crippen LogP contribution is -2.28. The molecule has 0 aromatic carbocycles. The molecule has 120 valence electrons. The zero-order valence-electron chi connectivity index (χ0n) is 12.9. The summed E-state index contributed by atoms with van der Waals surface area (Å²) in [6.45, 7) is 3.28. The molecule has 1 aromatic rings. The molecule has 1 fully saturated rings. The number of hydrogen-bond acceptors (Lipinski definition) is 7. The molecule has 1 aromatic heterocycles. The van der Waals surface area contributed by atoms with Gasteiger partial charge in [0.25, 0.3) is 0 Å². The van der Waals surface area contributed by atoms with E-state index in [1.807, 2.05) is 13.0 Å². The molecule has 2 heterocycles. The van der Waals surface area contributed by atoms with Crippen LogP contribution < -0.4 is 16.3 Å². The van der Waals surface area contributed by atoms with Crippen LogP contribution in [-0.2, 0) is 9.53 Å². The number of aromatic nitrogens is 1. The summed E-state index contributed by atoms with van der Waals surface area (Å²) in [6.07, 6.45) is 2.50. The van der Waals surface area contributed by atoms with Gasteiger partial charge in [0, 0.05) is 19.9 Å². The van der Waals surface area contributed by atoms with E-state index in [2.05, 4.69) is 4.98 Å². The van der Waals surface area contributed by atoms with Gasteiger partial charge in [0.05, 0.1) is 30.3 Å². The Balaban J connectivity index is 2.20. The van der Waals surface area contributed by atoms with Gasteiger partial charge in [-0.1, -0.05) is 0 Å². The van der Waals surface area contributed by atoms with Gasteiger partial charge in [-0.2, -0.15) is 0 Å². The Kier molecular flexibility index (Phi) is 5.35. The number of aldehydes is 1. The Bertz CT molecular complexity index is 566. The van der Waals surface area contributed by atoms with Crippen LogP contribution in [-0.4, -0.2) is 42.6 Å². The fourth-order valence-electron chi connectivity index (χ4n) is 2.26. The Hall–Kier alpha value is -2.12. The van der Waals surface area contributed by atoms with Gasteiger partial charge in [-0.3, -0.25) is 4.79 Å². The second-order valence-corrected chi connectivity index (χ2v) is 5.24. The average Bonchev–Trinajstić information content (AvgIpc) is 2.50. The predicted molar refractivity (Wildman–Crippen MR) is 82.6 cm³/mol. The Labute approximate surface area is 129 Å². The average molecular weight is 306 g/mol. The maximum Gasteiger partial charge on any atom is 0.169 e. The minimum Gasteiger partial charge on any atom is -0.488 e. The molecule has 1 aliphatic rings. The zero-order chi connectivity index (χ0) is 16.1. The molecule has 0 aliphatic carbocycles. The van der Waals surface area contributed by atoms with Crippen molar-refractivity contribution in [3.05, 3.63) is 29.2 Å². The molecule has 2 rings (SSSR count). The van der Waals surface area contributed by atoms with E-state index >= 15 is 0 Å². The van der Waals surface area contributed by atoms with Crippen molar-refractivity contribution < 1.29 is 14.3 Å². The molecule has 1 aliphatic heterocycles. The minimum absolute atomic E-state index is 0.147. The lowest BCUT2D eigenvalue weighted by molar-refractivity contribution is -0.106. The molecule has 0 saturated carbocycles. The third-order valence-electron chi connectivity index (χ3n) is 3.54. The van der Waals surface area contributed by atoms with Crippen molar-refractivity contribution in [3.63, 3.8) is 0 Å². The topological polar surface area (TPSA) is 104 Å². The number of rotatable bonds is 5. The molecular formula is C15H22N4O3. The van der Waals surface area contributed by atoms with E-state index in [1.54, 1.807) is 13.1 Å². The van der Waals surface area contributed by atoms with Crippen molar-refractivity contribution in [2.24, 2.45) is 11.6 Å². The van der Waals surface area contributed by atoms with Gasteiger partial charge in [-0.25, -0.2) is 10.8 Å². The van der Waals surface area contributed by atoms with Crippen LogP contribution in [0.4, 0.5) is 0 Å². The highest BCUT2D eigenvalue weighted by Gasteiger charge is 2.17. The van der Waals surface area contributed by atoms with Gasteiger partial charge in [-0.15, -0.1) is 0 Å². The van der Waals surface area contributed by atoms with Crippen molar-refractivity contribution in [1.29, 1.82) is 0 Å². The number of carbonyl (C=O) groups is 1. The first-order valence-corrected chi connectivity index (χ1v) is 7.18. The van der Waals surface area contributed by atoms with Crippen LogP contribution in [0.3, 0.4) is 0 Å². The van der Waals surface area contributed by atoms with Crippen LogP contribution in [0.1, 0.15) is 24.2 Å². The van der Waals surface area contributed by atoms with Crippen molar-refractivity contribution in [2.75, 3.05) is 20.3 Å². The first-order chi connectivity index (χ1) is 10.5. The molecule has 0 unspecified atom stereocenters. The fourth-order valence-corrected chi connectivity index (χ4v) is 2.26. The first-order valence-electron chi connectivity index (χ1n) is 7.18. The van der Waals surface area contributed by atoms with Crippen molar-refractivity contribution in [2.45, 2.75) is 25.9 Å². The monoisotopic (exact) mass is 306 g/mol. The van der Waals surface area contributed by atoms with Gasteiger partial charge in [0.1, 0.15) is 17.6 Å². The van der Waals surface area contributed by atoms with Crippen LogP contribution >= 0.6 is 0 Å². The SMILES string of the molecule is Cc1nc(/C(N)=C(\C=O)N(C)N)ccc1OC1CCOCC1. The number of likely N-dealkylation sites (N-methyl/N-ethyl adjacent to an activating group) is 1. The Morgan fingerprint density at radius 3 is 2.68 bits per heavy atom. The van der Waals surface area contributed by atoms with E-state index in [4.69, 9.17) is 21.1 Å². The number of nitrogens with two attached hydrogens (primary N) is 2. The second-order valence-electron chi connectivity index (χ2n) is 5.24. The van der Waals surface area contributed by atoms with Crippen molar-refractivity contribution >= 4 is 12.0 Å². The summed E-state index contributed by atoms with van der Waals surface area (Å²) in [4.78, 5) is 15.5. The number of aryl methyl sites for hydroxylation is 1. The molecule has 7 nitrogen and oxygen atoms in total. The van der Waals surface area contributed by atoms with E-state index in [0.717, 1.165) is 37.5 Å². The third-order valence-corrected chi connectivity index (χ3v) is 3.54. The summed E-state index contributed by atoms with van der Waals surface area (Å²) in [5.74, 6) is 6.30. The van der Waals surface area contributed by atoms with Crippen molar-refractivity contribution in [1.82, 2.24) is 9.99 Å². The van der Waals surface area contributed by atoms with Crippen LogP contribution in [0.25, 0.3) is 5.70 Å². The van der Waals surface area contributed by atoms with E-state index in [-0.39, 0.29) is 17.5 Å². The Morgan fingerprint density at radius 1 is 1.45 bits per heavy atom. The maximum atomic E-state index is 11.1. The summed E-state index contributed by atoms with van der Waals surface area (Å²) in [5.41, 5.74) is 7.60. The van der Waals surface area contributed by atoms with Crippen LogP contribution in [0.2, 0.25) is 0 Å². The summed E-state index contributed by atoms with van der Waals surface area (Å²) in [5, 5.41) is 1.17. The predicted octanol–water partition coefficient (Wildman–Crippen LogP) is 0.580. The molecule has 0 radical (unpaired) electrons. The number of carbonyl (C=O) groups excluding carboxylic acids is 1. The standard InChI is InChI=1S/C15H22N4O3/c1-10-14(22-11-5-7-21-8-6-11)4-3-12(18-10)15(16)13(9-20)19(2)17/h3-4,9,11H,5-8,16-17H2,1-2H3/b15-13-. The summed E-state index contributed by atoms with van der Waals surface area (Å²) in [6, 6.07) is 3.54. The smallest absolute Gasteiger partial charge is 0.169 e. The highest BCUT2D eigenvalue weighted by atomic mass is 16.5. The third kappa shape index (κ3) is 3.75. The summed E-state index contributed by atoms with van der Waals surface area (Å²) in [7, 11) is 1.55. The van der Waals surface area contributed by atoms with Gasteiger partial charge in [0.15, 0.2) is 6.29 Å². The first kappa shape index (κ1) is 16.3. The van der Waals surface area contributed by atoms with Gasteiger partial charge < -0.3 is 20.2 Å². The van der Waals surface area contributed by atoms with Crippen LogP contribution in [0, 0.1) is 6.92 Å². The van der Waals surface area contributed by atoms with Crippen LogP contribution in [0.15, 0.2) is 17.8 Å². The Morgan fingerprint density at radius 2 is 2.14 bits per heavy atom. The highest BCUT2D eigenvalue weighted by Crippen LogP contribution is 2.23. The molecule has 0 amide bonds. The van der Waals surface area contributed by atoms with E-state index in [9.17, 15) is 4.79 Å². The number of allylic oxidation sites excluding steroid dienone is 1. The highest BCUT2D eigenvalue weighted by molar-refractivity contribution is 5.85. The maximum absolute atomic E-state index is 11.1. The summed E-state index contributed by atoms with van der Waals surface area (Å²) >= 11 is 0. The number of pyridine rings is 1. The van der Waals surface area contributed by atoms with E-state index < -0.39 is 0 Å². The van der Waals surface area contributed by atoms with E-state index in [1.165, 1.54) is 5.01 Å². The molecule has 0 atom stereocenters. The molecule has 0 bridgehead atoms. The molecule has 22 heavy (non-hydrogen) atoms. The molecule has 4 N–H and O–H groups in total. The number of ether oxygens (including phenoxy) is 2. The minimum atomic E-state index is 0.147. The molecular weight excluding hydrogens is 284 g/mol. The van der Waals surface area contributed by atoms with Gasteiger partial charge in [-0.05, 0) is 19.1 Å². The van der Waals surface area contributed by atoms with Gasteiger partial charge >= 0.3 is 0 Å². The van der Waals surface area contributed by atoms with E-state index in [0.29, 0.717) is 12.0 Å². The number of hydrazine groups is 1. The zero-order valence-corrected chi connectivity index (χ0v) is 12.9. The quantitative estimate of drug-likeness (QED) is 0.355. The van der Waals surface area contributed by atoms with Crippen molar-refractivity contribution in [3.8, 4) is 5.75 Å². The van der Waals surface area contributed by atoms with Gasteiger partial charge in [0.2, 0.25) is 0 Å². The molecule has 0 spiro atoms. The second kappa shape index (κ2) is 7.24. The molecule has 1 saturated heterocycles. The normalized spacial score (nSPS) is 16.9. The largest absolute Gasteiger partial charge is 0.488 e. The summed E-state index contributed by atoms with van der Waals surface area (Å²) < 4.78 is 11.3. The van der Waals surface area contributed by atoms with Crippen LogP contribution in [0.5, 0.6) is 5.75 Å². The number of hydrogen-bond donors (Lipinski definition) is 2. The lowest BCUT2D eigenvalue weighted by atomic mass is 10.1. The fraction of sp³-hybridized carbons (Fsp3) is 0.467. The lowest BCUT2D eigenvalue weighted by Gasteiger charge is -2.24. The number of nitrogens with zero attached hydrogens (tertiary/aromatic N) is 2. The molecule has 7 heteroatoms.